The Bertz CT molecular complexity index is 1030. The fourth-order valence-electron chi connectivity index (χ4n) is 3.69. The molecule has 3 rings (SSSR count). The molecule has 1 aliphatic heterocycles. The molecule has 1 aliphatic rings. The highest BCUT2D eigenvalue weighted by Gasteiger charge is 2.29. The summed E-state index contributed by atoms with van der Waals surface area (Å²) in [5, 5.41) is 0. The number of hydrogen-bond acceptors (Lipinski definition) is 6. The number of rotatable bonds is 7. The summed E-state index contributed by atoms with van der Waals surface area (Å²) in [6, 6.07) is 13.0. The molecule has 0 aliphatic carbocycles. The van der Waals surface area contributed by atoms with Crippen LogP contribution >= 0.6 is 0 Å². The van der Waals surface area contributed by atoms with E-state index in [1.54, 1.807) is 24.1 Å². The predicted octanol–water partition coefficient (Wildman–Crippen LogP) is 2.13. The molecule has 2 aromatic carbocycles. The number of aryl methyl sites for hydroxylation is 1. The minimum absolute atomic E-state index is 0.242. The number of piperazine rings is 1. The highest BCUT2D eigenvalue weighted by Crippen LogP contribution is 2.31. The van der Waals surface area contributed by atoms with Crippen LogP contribution in [0.15, 0.2) is 42.5 Å². The van der Waals surface area contributed by atoms with E-state index in [0.29, 0.717) is 37.6 Å². The standard InChI is InChI=1S/C22H29N3O5S/c1-17-9-10-21(30-3)19(15-17)25(31(4,27)28)16-22(26)24-13-11-23(12-14-24)18-7-5-6-8-20(18)29-2/h5-10,15H,11-14,16H2,1-4H3. The van der Waals surface area contributed by atoms with Crippen molar-refractivity contribution in [2.75, 3.05) is 62.4 Å². The number of carbonyl (C=O) groups excluding carboxylic acids is 1. The van der Waals surface area contributed by atoms with Gasteiger partial charge in [0.25, 0.3) is 0 Å². The summed E-state index contributed by atoms with van der Waals surface area (Å²) in [5.74, 6) is 0.954. The maximum absolute atomic E-state index is 13.0. The van der Waals surface area contributed by atoms with Crippen molar-refractivity contribution in [1.82, 2.24) is 4.90 Å². The molecule has 0 atom stereocenters. The topological polar surface area (TPSA) is 79.4 Å². The molecule has 9 heteroatoms. The first-order valence-corrected chi connectivity index (χ1v) is 11.9. The first-order chi connectivity index (χ1) is 14.7. The highest BCUT2D eigenvalue weighted by atomic mass is 32.2. The van der Waals surface area contributed by atoms with Crippen LogP contribution in [0.1, 0.15) is 5.56 Å². The molecule has 31 heavy (non-hydrogen) atoms. The van der Waals surface area contributed by atoms with Crippen molar-refractivity contribution in [2.45, 2.75) is 6.92 Å². The minimum Gasteiger partial charge on any atom is -0.495 e. The number of hydrogen-bond donors (Lipinski definition) is 0. The largest absolute Gasteiger partial charge is 0.495 e. The maximum Gasteiger partial charge on any atom is 0.243 e. The normalized spacial score (nSPS) is 14.3. The summed E-state index contributed by atoms with van der Waals surface area (Å²) in [6.07, 6.45) is 1.10. The number of nitrogens with zero attached hydrogens (tertiary/aromatic N) is 3. The maximum atomic E-state index is 13.0. The summed E-state index contributed by atoms with van der Waals surface area (Å²) in [4.78, 5) is 16.9. The summed E-state index contributed by atoms with van der Waals surface area (Å²) in [6.45, 7) is 3.87. The molecular formula is C22H29N3O5S. The van der Waals surface area contributed by atoms with Gasteiger partial charge in [-0.3, -0.25) is 9.10 Å². The molecule has 0 saturated carbocycles. The Kier molecular flexibility index (Phi) is 6.94. The third kappa shape index (κ3) is 5.22. The number of methoxy groups -OCH3 is 2. The van der Waals surface area contributed by atoms with Gasteiger partial charge in [0.15, 0.2) is 0 Å². The van der Waals surface area contributed by atoms with Crippen molar-refractivity contribution in [1.29, 1.82) is 0 Å². The Morgan fingerprint density at radius 1 is 1.00 bits per heavy atom. The van der Waals surface area contributed by atoms with E-state index in [1.807, 2.05) is 37.3 Å². The highest BCUT2D eigenvalue weighted by molar-refractivity contribution is 7.92. The lowest BCUT2D eigenvalue weighted by atomic mass is 10.2. The average molecular weight is 448 g/mol. The van der Waals surface area contributed by atoms with E-state index in [2.05, 4.69) is 4.90 Å². The van der Waals surface area contributed by atoms with Crippen LogP contribution in [0.25, 0.3) is 0 Å². The van der Waals surface area contributed by atoms with Gasteiger partial charge < -0.3 is 19.3 Å². The van der Waals surface area contributed by atoms with Crippen LogP contribution in [0.4, 0.5) is 11.4 Å². The van der Waals surface area contributed by atoms with E-state index < -0.39 is 10.0 Å². The van der Waals surface area contributed by atoms with E-state index in [0.717, 1.165) is 27.6 Å². The molecule has 1 heterocycles. The molecule has 1 amide bonds. The first-order valence-electron chi connectivity index (χ1n) is 10.0. The van der Waals surface area contributed by atoms with Gasteiger partial charge in [-0.05, 0) is 36.8 Å². The Morgan fingerprint density at radius 2 is 1.65 bits per heavy atom. The van der Waals surface area contributed by atoms with Crippen molar-refractivity contribution in [3.63, 3.8) is 0 Å². The van der Waals surface area contributed by atoms with Crippen molar-refractivity contribution in [3.8, 4) is 11.5 Å². The van der Waals surface area contributed by atoms with E-state index >= 15 is 0 Å². The molecule has 2 aromatic rings. The summed E-state index contributed by atoms with van der Waals surface area (Å²) < 4.78 is 36.9. The molecule has 1 saturated heterocycles. The molecule has 0 N–H and O–H groups in total. The fourth-order valence-corrected chi connectivity index (χ4v) is 4.53. The van der Waals surface area contributed by atoms with E-state index in [4.69, 9.17) is 9.47 Å². The van der Waals surface area contributed by atoms with Gasteiger partial charge in [0, 0.05) is 26.2 Å². The number of para-hydroxylation sites is 2. The Labute approximate surface area is 184 Å². The van der Waals surface area contributed by atoms with Gasteiger partial charge in [0.1, 0.15) is 18.0 Å². The molecule has 0 bridgehead atoms. The van der Waals surface area contributed by atoms with Gasteiger partial charge in [-0.2, -0.15) is 0 Å². The lowest BCUT2D eigenvalue weighted by Crippen LogP contribution is -2.52. The van der Waals surface area contributed by atoms with Gasteiger partial charge in [-0.1, -0.05) is 18.2 Å². The monoisotopic (exact) mass is 447 g/mol. The predicted molar refractivity (Wildman–Crippen MR) is 122 cm³/mol. The zero-order valence-corrected chi connectivity index (χ0v) is 19.2. The van der Waals surface area contributed by atoms with Crippen LogP contribution in [0.2, 0.25) is 0 Å². The van der Waals surface area contributed by atoms with Crippen LogP contribution in [0.3, 0.4) is 0 Å². The van der Waals surface area contributed by atoms with Crippen LogP contribution < -0.4 is 18.7 Å². The van der Waals surface area contributed by atoms with Crippen molar-refractivity contribution in [3.05, 3.63) is 48.0 Å². The quantitative estimate of drug-likeness (QED) is 0.647. The minimum atomic E-state index is -3.68. The number of sulfonamides is 1. The second kappa shape index (κ2) is 9.47. The van der Waals surface area contributed by atoms with Gasteiger partial charge in [-0.15, -0.1) is 0 Å². The number of benzene rings is 2. The zero-order chi connectivity index (χ0) is 22.6. The number of anilines is 2. The Morgan fingerprint density at radius 3 is 2.26 bits per heavy atom. The summed E-state index contributed by atoms with van der Waals surface area (Å²) >= 11 is 0. The third-order valence-corrected chi connectivity index (χ3v) is 6.47. The Hall–Kier alpha value is -2.94. The molecule has 1 fully saturated rings. The second-order valence-corrected chi connectivity index (χ2v) is 9.39. The molecule has 0 unspecified atom stereocenters. The summed E-state index contributed by atoms with van der Waals surface area (Å²) in [5.41, 5.74) is 2.23. The second-order valence-electron chi connectivity index (χ2n) is 7.48. The Balaban J connectivity index is 1.73. The van der Waals surface area contributed by atoms with Gasteiger partial charge in [0.05, 0.1) is 31.9 Å². The smallest absolute Gasteiger partial charge is 0.243 e. The summed E-state index contributed by atoms with van der Waals surface area (Å²) in [7, 11) is -0.568. The molecule has 8 nitrogen and oxygen atoms in total. The lowest BCUT2D eigenvalue weighted by molar-refractivity contribution is -0.129. The molecule has 168 valence electrons. The van der Waals surface area contributed by atoms with E-state index in [1.165, 1.54) is 7.11 Å². The van der Waals surface area contributed by atoms with Gasteiger partial charge in [-0.25, -0.2) is 8.42 Å². The zero-order valence-electron chi connectivity index (χ0n) is 18.4. The average Bonchev–Trinajstić information content (AvgIpc) is 2.76. The number of ether oxygens (including phenoxy) is 2. The van der Waals surface area contributed by atoms with Crippen molar-refractivity contribution in [2.24, 2.45) is 0 Å². The molecule has 0 radical (unpaired) electrons. The fraction of sp³-hybridized carbons (Fsp3) is 0.409. The molecule has 0 spiro atoms. The van der Waals surface area contributed by atoms with Crippen molar-refractivity contribution >= 4 is 27.3 Å². The number of amides is 1. The van der Waals surface area contributed by atoms with Gasteiger partial charge >= 0.3 is 0 Å². The lowest BCUT2D eigenvalue weighted by Gasteiger charge is -2.37. The van der Waals surface area contributed by atoms with Crippen LogP contribution in [-0.4, -0.2) is 72.4 Å². The van der Waals surface area contributed by atoms with Crippen LogP contribution in [-0.2, 0) is 14.8 Å². The van der Waals surface area contributed by atoms with Crippen LogP contribution in [0, 0.1) is 6.92 Å². The SMILES string of the molecule is COc1ccccc1N1CCN(C(=O)CN(c2cc(C)ccc2OC)S(C)(=O)=O)CC1. The van der Waals surface area contributed by atoms with Crippen molar-refractivity contribution < 1.29 is 22.7 Å². The van der Waals surface area contributed by atoms with E-state index in [9.17, 15) is 13.2 Å². The molecular weight excluding hydrogens is 418 g/mol. The van der Waals surface area contributed by atoms with Crippen LogP contribution in [0.5, 0.6) is 11.5 Å². The van der Waals surface area contributed by atoms with E-state index in [-0.39, 0.29) is 12.5 Å². The molecule has 0 aromatic heterocycles. The first kappa shape index (κ1) is 22.7. The van der Waals surface area contributed by atoms with Gasteiger partial charge in [0.2, 0.25) is 15.9 Å². The number of carbonyl (C=O) groups is 1. The third-order valence-electron chi connectivity index (χ3n) is 5.34.